The third kappa shape index (κ3) is 5.79. The van der Waals surface area contributed by atoms with Crippen LogP contribution in [-0.2, 0) is 21.0 Å². The lowest BCUT2D eigenvalue weighted by Crippen LogP contribution is -2.44. The number of carboxylic acids is 1. The Hall–Kier alpha value is -2.76. The minimum Gasteiger partial charge on any atom is -0.481 e. The van der Waals surface area contributed by atoms with E-state index in [2.05, 4.69) is 42.6 Å². The van der Waals surface area contributed by atoms with Gasteiger partial charge >= 0.3 is 5.97 Å². The van der Waals surface area contributed by atoms with E-state index in [0.29, 0.717) is 32.8 Å². The Morgan fingerprint density at radius 1 is 1.21 bits per heavy atom. The van der Waals surface area contributed by atoms with Gasteiger partial charge in [0.15, 0.2) is 11.5 Å². The highest BCUT2D eigenvalue weighted by atomic mass is 28.3. The molecule has 1 aliphatic carbocycles. The van der Waals surface area contributed by atoms with E-state index >= 15 is 0 Å². The van der Waals surface area contributed by atoms with E-state index in [1.807, 2.05) is 21.6 Å². The molecule has 1 atom stereocenters. The van der Waals surface area contributed by atoms with Gasteiger partial charge in [-0.2, -0.15) is 14.9 Å². The summed E-state index contributed by atoms with van der Waals surface area (Å²) in [5.74, 6) is 1.08. The van der Waals surface area contributed by atoms with Gasteiger partial charge in [0.05, 0.1) is 37.6 Å². The zero-order valence-corrected chi connectivity index (χ0v) is 24.0. The first-order chi connectivity index (χ1) is 18.2. The van der Waals surface area contributed by atoms with Gasteiger partial charge in [0, 0.05) is 32.7 Å². The lowest BCUT2D eigenvalue weighted by molar-refractivity contribution is -0.142. The number of nitrogens with zero attached hydrogens (tertiary/aromatic N) is 6. The van der Waals surface area contributed by atoms with Gasteiger partial charge in [-0.1, -0.05) is 19.6 Å². The number of pyridine rings is 1. The van der Waals surface area contributed by atoms with Crippen molar-refractivity contribution in [1.82, 2.24) is 24.5 Å². The largest absolute Gasteiger partial charge is 0.481 e. The Kier molecular flexibility index (Phi) is 7.87. The number of aliphatic carboxylic acids is 1. The van der Waals surface area contributed by atoms with Crippen LogP contribution in [-0.4, -0.2) is 76.1 Å². The standard InChI is InChI=1S/C27H40N6O4Si/c1-19-17-36-12-11-31(19)24-15-22(20-5-7-21(8-6-20)27(34)35)23-16-29-33(26(23)30-24)25-9-10-28-32(25)18-37-13-14-38(2,3)4/h9-10,15-16,19-21H,5-8,11-14,17-18H2,1-4H3,(H,34,35)/t19-,20?,21?/m1/s1. The van der Waals surface area contributed by atoms with Gasteiger partial charge in [0.1, 0.15) is 12.5 Å². The van der Waals surface area contributed by atoms with Gasteiger partial charge < -0.3 is 19.5 Å². The molecule has 1 saturated heterocycles. The maximum atomic E-state index is 11.6. The van der Waals surface area contributed by atoms with Gasteiger partial charge in [-0.25, -0.2) is 9.67 Å². The molecule has 2 fully saturated rings. The minimum atomic E-state index is -1.17. The van der Waals surface area contributed by atoms with Crippen molar-refractivity contribution in [2.45, 2.75) is 77.0 Å². The molecular formula is C27H40N6O4Si. The van der Waals surface area contributed by atoms with Crippen molar-refractivity contribution < 1.29 is 19.4 Å². The van der Waals surface area contributed by atoms with Crippen LogP contribution in [0.2, 0.25) is 25.7 Å². The molecule has 11 heteroatoms. The van der Waals surface area contributed by atoms with Crippen LogP contribution in [0.4, 0.5) is 5.82 Å². The van der Waals surface area contributed by atoms with E-state index in [0.717, 1.165) is 54.7 Å². The smallest absolute Gasteiger partial charge is 0.306 e. The summed E-state index contributed by atoms with van der Waals surface area (Å²) in [4.78, 5) is 19.0. The summed E-state index contributed by atoms with van der Waals surface area (Å²) in [6.45, 7) is 12.4. The maximum Gasteiger partial charge on any atom is 0.306 e. The lowest BCUT2D eigenvalue weighted by atomic mass is 9.78. The second-order valence-corrected chi connectivity index (χ2v) is 17.5. The average molecular weight is 541 g/mol. The van der Waals surface area contributed by atoms with Crippen LogP contribution in [0.25, 0.3) is 16.9 Å². The highest BCUT2D eigenvalue weighted by Gasteiger charge is 2.30. The molecular weight excluding hydrogens is 500 g/mol. The van der Waals surface area contributed by atoms with Crippen molar-refractivity contribution >= 4 is 30.9 Å². The number of hydrogen-bond acceptors (Lipinski definition) is 7. The Labute approximate surface area is 224 Å². The summed E-state index contributed by atoms with van der Waals surface area (Å²) in [5, 5.41) is 19.8. The first-order valence-corrected chi connectivity index (χ1v) is 17.5. The number of carbonyl (C=O) groups is 1. The van der Waals surface area contributed by atoms with Crippen LogP contribution < -0.4 is 4.90 Å². The zero-order chi connectivity index (χ0) is 26.9. The number of carboxylic acid groups (broad SMARTS) is 1. The van der Waals surface area contributed by atoms with E-state index in [4.69, 9.17) is 19.6 Å². The number of aromatic nitrogens is 5. The highest BCUT2D eigenvalue weighted by molar-refractivity contribution is 6.76. The minimum absolute atomic E-state index is 0.214. The molecule has 0 amide bonds. The van der Waals surface area contributed by atoms with Crippen LogP contribution in [0.5, 0.6) is 0 Å². The summed E-state index contributed by atoms with van der Waals surface area (Å²) < 4.78 is 15.4. The van der Waals surface area contributed by atoms with Crippen LogP contribution in [0.15, 0.2) is 24.5 Å². The summed E-state index contributed by atoms with van der Waals surface area (Å²) >= 11 is 0. The summed E-state index contributed by atoms with van der Waals surface area (Å²) in [7, 11) is -1.17. The Bertz CT molecular complexity index is 1260. The van der Waals surface area contributed by atoms with E-state index in [1.54, 1.807) is 6.20 Å². The summed E-state index contributed by atoms with van der Waals surface area (Å²) in [5.41, 5.74) is 2.00. The molecule has 1 N–H and O–H groups in total. The van der Waals surface area contributed by atoms with Gasteiger partial charge in [-0.15, -0.1) is 0 Å². The molecule has 0 aromatic carbocycles. The van der Waals surface area contributed by atoms with Crippen molar-refractivity contribution in [3.63, 3.8) is 0 Å². The second kappa shape index (κ2) is 11.2. The van der Waals surface area contributed by atoms with E-state index in [9.17, 15) is 9.90 Å². The fourth-order valence-electron chi connectivity index (χ4n) is 5.52. The summed E-state index contributed by atoms with van der Waals surface area (Å²) in [6, 6.07) is 5.46. The number of anilines is 1. The Morgan fingerprint density at radius 2 is 2.00 bits per heavy atom. The molecule has 38 heavy (non-hydrogen) atoms. The normalized spacial score (nSPS) is 22.7. The molecule has 0 bridgehead atoms. The third-order valence-corrected chi connectivity index (χ3v) is 9.56. The molecule has 1 saturated carbocycles. The number of rotatable bonds is 9. The third-order valence-electron chi connectivity index (χ3n) is 7.86. The number of ether oxygens (including phenoxy) is 2. The quantitative estimate of drug-likeness (QED) is 0.312. The molecule has 5 rings (SSSR count). The fourth-order valence-corrected chi connectivity index (χ4v) is 6.27. The number of hydrogen-bond donors (Lipinski definition) is 1. The lowest BCUT2D eigenvalue weighted by Gasteiger charge is -2.35. The Morgan fingerprint density at radius 3 is 2.71 bits per heavy atom. The van der Waals surface area contributed by atoms with Gasteiger partial charge in [-0.05, 0) is 56.2 Å². The predicted octanol–water partition coefficient (Wildman–Crippen LogP) is 4.51. The fraction of sp³-hybridized carbons (Fsp3) is 0.630. The van der Waals surface area contributed by atoms with Crippen molar-refractivity contribution in [3.05, 3.63) is 30.1 Å². The van der Waals surface area contributed by atoms with E-state index in [-0.39, 0.29) is 17.9 Å². The topological polar surface area (TPSA) is 108 Å². The average Bonchev–Trinajstić information content (AvgIpc) is 3.52. The van der Waals surface area contributed by atoms with Gasteiger partial charge in [0.2, 0.25) is 0 Å². The van der Waals surface area contributed by atoms with Crippen molar-refractivity contribution in [2.75, 3.05) is 31.3 Å². The predicted molar refractivity (Wildman–Crippen MR) is 149 cm³/mol. The molecule has 0 radical (unpaired) electrons. The maximum absolute atomic E-state index is 11.6. The van der Waals surface area contributed by atoms with E-state index < -0.39 is 14.0 Å². The first kappa shape index (κ1) is 26.8. The van der Waals surface area contributed by atoms with Gasteiger partial charge in [-0.3, -0.25) is 4.79 Å². The molecule has 10 nitrogen and oxygen atoms in total. The number of morpholine rings is 1. The van der Waals surface area contributed by atoms with E-state index in [1.165, 1.54) is 5.56 Å². The SMILES string of the molecule is C[C@@H]1COCCN1c1cc(C2CCC(C(=O)O)CC2)c2cnn(-c3ccnn3COCC[Si](C)(C)C)c2n1. The van der Waals surface area contributed by atoms with Crippen molar-refractivity contribution in [3.8, 4) is 5.82 Å². The zero-order valence-electron chi connectivity index (χ0n) is 23.0. The molecule has 0 spiro atoms. The van der Waals surface area contributed by atoms with Gasteiger partial charge in [0.25, 0.3) is 0 Å². The van der Waals surface area contributed by atoms with Crippen LogP contribution in [0.3, 0.4) is 0 Å². The van der Waals surface area contributed by atoms with Crippen LogP contribution >= 0.6 is 0 Å². The molecule has 3 aromatic heterocycles. The molecule has 206 valence electrons. The molecule has 2 aliphatic rings. The highest BCUT2D eigenvalue weighted by Crippen LogP contribution is 2.40. The summed E-state index contributed by atoms with van der Waals surface area (Å²) in [6.07, 6.45) is 6.76. The first-order valence-electron chi connectivity index (χ1n) is 13.8. The van der Waals surface area contributed by atoms with Crippen LogP contribution in [0.1, 0.15) is 44.1 Å². The molecule has 4 heterocycles. The molecule has 1 aliphatic heterocycles. The monoisotopic (exact) mass is 540 g/mol. The van der Waals surface area contributed by atoms with Crippen LogP contribution in [0, 0.1) is 5.92 Å². The van der Waals surface area contributed by atoms with Crippen molar-refractivity contribution in [2.24, 2.45) is 5.92 Å². The molecule has 0 unspecified atom stereocenters. The Balaban J connectivity index is 1.49. The number of fused-ring (bicyclic) bond motifs is 1. The second-order valence-electron chi connectivity index (χ2n) is 11.9. The van der Waals surface area contributed by atoms with Crippen molar-refractivity contribution in [1.29, 1.82) is 0 Å². The molecule has 3 aromatic rings.